The van der Waals surface area contributed by atoms with E-state index in [-0.39, 0.29) is 18.1 Å². The molecule has 2 aromatic rings. The second kappa shape index (κ2) is 7.11. The SMILES string of the molecule is CCc1ncnc(NCc2cc(C)ccc2OC(F)F)c1F. The molecule has 0 amide bonds. The van der Waals surface area contributed by atoms with Gasteiger partial charge in [-0.05, 0) is 19.4 Å². The number of aromatic nitrogens is 2. The molecule has 0 saturated heterocycles. The predicted molar refractivity (Wildman–Crippen MR) is 76.5 cm³/mol. The molecular weight excluding hydrogens is 295 g/mol. The number of hydrogen-bond acceptors (Lipinski definition) is 4. The van der Waals surface area contributed by atoms with Gasteiger partial charge in [-0.15, -0.1) is 0 Å². The van der Waals surface area contributed by atoms with E-state index in [9.17, 15) is 13.2 Å². The van der Waals surface area contributed by atoms with E-state index < -0.39 is 12.4 Å². The van der Waals surface area contributed by atoms with E-state index in [0.717, 1.165) is 5.56 Å². The number of nitrogens with zero attached hydrogens (tertiary/aromatic N) is 2. The van der Waals surface area contributed by atoms with Crippen LogP contribution in [0.25, 0.3) is 0 Å². The standard InChI is InChI=1S/C15H16F3N3O/c1-3-11-13(16)14(21-8-20-11)19-7-10-6-9(2)4-5-12(10)22-15(17)18/h4-6,8,15H,3,7H2,1-2H3,(H,19,20,21). The summed E-state index contributed by atoms with van der Waals surface area (Å²) in [6, 6.07) is 4.83. The third-order valence-electron chi connectivity index (χ3n) is 3.07. The van der Waals surface area contributed by atoms with E-state index in [1.807, 2.05) is 6.92 Å². The van der Waals surface area contributed by atoms with Gasteiger partial charge in [0.05, 0.1) is 5.69 Å². The minimum Gasteiger partial charge on any atom is -0.434 e. The highest BCUT2D eigenvalue weighted by Crippen LogP contribution is 2.23. The lowest BCUT2D eigenvalue weighted by atomic mass is 10.1. The van der Waals surface area contributed by atoms with E-state index >= 15 is 0 Å². The second-order valence-corrected chi connectivity index (χ2v) is 4.68. The van der Waals surface area contributed by atoms with Gasteiger partial charge >= 0.3 is 6.61 Å². The number of nitrogens with one attached hydrogen (secondary N) is 1. The molecule has 118 valence electrons. The van der Waals surface area contributed by atoms with Crippen molar-refractivity contribution in [2.24, 2.45) is 0 Å². The van der Waals surface area contributed by atoms with E-state index in [1.54, 1.807) is 19.1 Å². The number of alkyl halides is 2. The lowest BCUT2D eigenvalue weighted by Crippen LogP contribution is -2.10. The van der Waals surface area contributed by atoms with Crippen molar-refractivity contribution in [3.8, 4) is 5.75 Å². The predicted octanol–water partition coefficient (Wildman–Crippen LogP) is 3.70. The molecule has 7 heteroatoms. The molecule has 2 rings (SSSR count). The van der Waals surface area contributed by atoms with Crippen molar-refractivity contribution in [2.45, 2.75) is 33.4 Å². The van der Waals surface area contributed by atoms with Crippen LogP contribution in [0.5, 0.6) is 5.75 Å². The normalized spacial score (nSPS) is 10.8. The van der Waals surface area contributed by atoms with Crippen molar-refractivity contribution >= 4 is 5.82 Å². The molecule has 0 aliphatic carbocycles. The van der Waals surface area contributed by atoms with Crippen molar-refractivity contribution < 1.29 is 17.9 Å². The molecule has 0 aliphatic rings. The summed E-state index contributed by atoms with van der Waals surface area (Å²) < 4.78 is 43.3. The van der Waals surface area contributed by atoms with Crippen LogP contribution in [0, 0.1) is 12.7 Å². The van der Waals surface area contributed by atoms with Crippen LogP contribution in [0.2, 0.25) is 0 Å². The first-order chi connectivity index (χ1) is 10.5. The number of ether oxygens (including phenoxy) is 1. The molecule has 0 fully saturated rings. The van der Waals surface area contributed by atoms with Gasteiger partial charge in [-0.25, -0.2) is 14.4 Å². The Morgan fingerprint density at radius 3 is 2.73 bits per heavy atom. The maximum absolute atomic E-state index is 14.0. The highest BCUT2D eigenvalue weighted by Gasteiger charge is 2.13. The van der Waals surface area contributed by atoms with Crippen LogP contribution >= 0.6 is 0 Å². The van der Waals surface area contributed by atoms with Gasteiger partial charge in [0.1, 0.15) is 12.1 Å². The quantitative estimate of drug-likeness (QED) is 0.883. The molecule has 0 saturated carbocycles. The average molecular weight is 311 g/mol. The summed E-state index contributed by atoms with van der Waals surface area (Å²) in [6.07, 6.45) is 1.70. The van der Waals surface area contributed by atoms with E-state index in [4.69, 9.17) is 0 Å². The molecule has 22 heavy (non-hydrogen) atoms. The maximum Gasteiger partial charge on any atom is 0.387 e. The first-order valence-electron chi connectivity index (χ1n) is 6.78. The van der Waals surface area contributed by atoms with Crippen molar-refractivity contribution in [1.29, 1.82) is 0 Å². The lowest BCUT2D eigenvalue weighted by molar-refractivity contribution is -0.0504. The summed E-state index contributed by atoms with van der Waals surface area (Å²) >= 11 is 0. The highest BCUT2D eigenvalue weighted by molar-refractivity contribution is 5.42. The zero-order chi connectivity index (χ0) is 16.1. The van der Waals surface area contributed by atoms with E-state index in [1.165, 1.54) is 12.4 Å². The molecular formula is C15H16F3N3O. The Kier molecular flexibility index (Phi) is 5.19. The van der Waals surface area contributed by atoms with Gasteiger partial charge in [0.15, 0.2) is 11.6 Å². The van der Waals surface area contributed by atoms with Gasteiger partial charge in [0, 0.05) is 12.1 Å². The lowest BCUT2D eigenvalue weighted by Gasteiger charge is -2.13. The molecule has 0 atom stereocenters. The molecule has 0 spiro atoms. The molecule has 1 aromatic carbocycles. The molecule has 0 radical (unpaired) electrons. The summed E-state index contributed by atoms with van der Waals surface area (Å²) in [5, 5.41) is 2.79. The largest absolute Gasteiger partial charge is 0.434 e. The van der Waals surface area contributed by atoms with Crippen LogP contribution in [-0.2, 0) is 13.0 Å². The molecule has 1 N–H and O–H groups in total. The van der Waals surface area contributed by atoms with Gasteiger partial charge in [-0.3, -0.25) is 0 Å². The first kappa shape index (κ1) is 16.1. The zero-order valence-electron chi connectivity index (χ0n) is 12.2. The number of halogens is 3. The average Bonchev–Trinajstić information content (AvgIpc) is 2.48. The van der Waals surface area contributed by atoms with Gasteiger partial charge in [-0.1, -0.05) is 24.6 Å². The van der Waals surface area contributed by atoms with Crippen LogP contribution in [0.4, 0.5) is 19.0 Å². The smallest absolute Gasteiger partial charge is 0.387 e. The fraction of sp³-hybridized carbons (Fsp3) is 0.333. The topological polar surface area (TPSA) is 47.0 Å². The highest BCUT2D eigenvalue weighted by atomic mass is 19.3. The van der Waals surface area contributed by atoms with Gasteiger partial charge in [0.25, 0.3) is 0 Å². The summed E-state index contributed by atoms with van der Waals surface area (Å²) in [5.74, 6) is -0.441. The molecule has 4 nitrogen and oxygen atoms in total. The van der Waals surface area contributed by atoms with E-state index in [2.05, 4.69) is 20.0 Å². The van der Waals surface area contributed by atoms with Crippen molar-refractivity contribution in [3.63, 3.8) is 0 Å². The Morgan fingerprint density at radius 1 is 1.27 bits per heavy atom. The van der Waals surface area contributed by atoms with Crippen LogP contribution < -0.4 is 10.1 Å². The number of hydrogen-bond donors (Lipinski definition) is 1. The molecule has 0 unspecified atom stereocenters. The molecule has 1 heterocycles. The van der Waals surface area contributed by atoms with Gasteiger partial charge in [0.2, 0.25) is 0 Å². The minimum absolute atomic E-state index is 0.0383. The fourth-order valence-corrected chi connectivity index (χ4v) is 2.01. The number of anilines is 1. The molecule has 1 aromatic heterocycles. The fourth-order valence-electron chi connectivity index (χ4n) is 2.01. The number of rotatable bonds is 6. The number of benzene rings is 1. The summed E-state index contributed by atoms with van der Waals surface area (Å²) in [7, 11) is 0. The Hall–Kier alpha value is -2.31. The van der Waals surface area contributed by atoms with E-state index in [0.29, 0.717) is 17.7 Å². The van der Waals surface area contributed by atoms with Crippen molar-refractivity contribution in [1.82, 2.24) is 9.97 Å². The number of aryl methyl sites for hydroxylation is 2. The summed E-state index contributed by atoms with van der Waals surface area (Å²) in [6.45, 7) is 0.810. The first-order valence-corrected chi connectivity index (χ1v) is 6.78. The van der Waals surface area contributed by atoms with Crippen LogP contribution in [0.15, 0.2) is 24.5 Å². The minimum atomic E-state index is -2.91. The van der Waals surface area contributed by atoms with Crippen molar-refractivity contribution in [2.75, 3.05) is 5.32 Å². The maximum atomic E-state index is 14.0. The van der Waals surface area contributed by atoms with Gasteiger partial charge in [-0.2, -0.15) is 8.78 Å². The summed E-state index contributed by atoms with van der Waals surface area (Å²) in [4.78, 5) is 7.66. The molecule has 0 aliphatic heterocycles. The van der Waals surface area contributed by atoms with Crippen LogP contribution in [0.3, 0.4) is 0 Å². The summed E-state index contributed by atoms with van der Waals surface area (Å²) in [5.41, 5.74) is 1.68. The Morgan fingerprint density at radius 2 is 2.05 bits per heavy atom. The third kappa shape index (κ3) is 3.87. The monoisotopic (exact) mass is 311 g/mol. The Bertz CT molecular complexity index is 650. The third-order valence-corrected chi connectivity index (χ3v) is 3.07. The second-order valence-electron chi connectivity index (χ2n) is 4.68. The van der Waals surface area contributed by atoms with Crippen molar-refractivity contribution in [3.05, 3.63) is 47.2 Å². The van der Waals surface area contributed by atoms with Crippen LogP contribution in [-0.4, -0.2) is 16.6 Å². The Balaban J connectivity index is 2.19. The zero-order valence-corrected chi connectivity index (χ0v) is 12.2. The van der Waals surface area contributed by atoms with Crippen LogP contribution in [0.1, 0.15) is 23.7 Å². The Labute approximate surface area is 126 Å². The van der Waals surface area contributed by atoms with Gasteiger partial charge < -0.3 is 10.1 Å². The molecule has 0 bridgehead atoms.